The normalized spacial score (nSPS) is 10.2. The van der Waals surface area contributed by atoms with Gasteiger partial charge < -0.3 is 15.8 Å². The minimum atomic E-state index is -0.680. The maximum Gasteiger partial charge on any atom is 0.338 e. The fraction of sp³-hybridized carbons (Fsp3) is 0.385. The van der Waals surface area contributed by atoms with Crippen molar-refractivity contribution in [3.05, 3.63) is 27.7 Å². The molecule has 0 aliphatic carbocycles. The molecule has 0 bridgehead atoms. The Hall–Kier alpha value is -1.46. The number of rotatable bonds is 6. The third-order valence-electron chi connectivity index (χ3n) is 2.48. The summed E-state index contributed by atoms with van der Waals surface area (Å²) in [5.74, 6) is -1.03. The molecule has 3 N–H and O–H groups in total. The monoisotopic (exact) mass is 318 g/mol. The molecule has 0 aliphatic rings. The molecule has 0 spiro atoms. The number of esters is 1. The van der Waals surface area contributed by atoms with Crippen LogP contribution in [0.4, 0.5) is 5.69 Å². The van der Waals surface area contributed by atoms with Gasteiger partial charge in [-0.3, -0.25) is 4.79 Å². The third-order valence-corrected chi connectivity index (χ3v) is 3.30. The van der Waals surface area contributed by atoms with Crippen molar-refractivity contribution in [3.63, 3.8) is 0 Å². The van der Waals surface area contributed by atoms with Gasteiger partial charge in [-0.05, 0) is 18.6 Å². The average molecular weight is 319 g/mol. The highest BCUT2D eigenvalue weighted by atomic mass is 35.5. The topological polar surface area (TPSA) is 81.4 Å². The summed E-state index contributed by atoms with van der Waals surface area (Å²) in [6.07, 6.45) is 1.85. The number of hydrogen-bond acceptors (Lipinski definition) is 4. The first-order valence-electron chi connectivity index (χ1n) is 6.14. The summed E-state index contributed by atoms with van der Waals surface area (Å²) in [7, 11) is 0. The molecule has 0 atom stereocenters. The van der Waals surface area contributed by atoms with Gasteiger partial charge in [0.1, 0.15) is 0 Å². The maximum atomic E-state index is 11.7. The van der Waals surface area contributed by atoms with Crippen molar-refractivity contribution in [1.29, 1.82) is 0 Å². The van der Waals surface area contributed by atoms with Crippen LogP contribution in [0.5, 0.6) is 0 Å². The van der Waals surface area contributed by atoms with E-state index >= 15 is 0 Å². The van der Waals surface area contributed by atoms with Crippen molar-refractivity contribution >= 4 is 40.8 Å². The summed E-state index contributed by atoms with van der Waals surface area (Å²) in [5.41, 5.74) is 5.92. The SMILES string of the molecule is CCCCNC(=O)COC(=O)c1cc(N)c(Cl)c(Cl)c1. The molecule has 0 heterocycles. The van der Waals surface area contributed by atoms with Crippen LogP contribution in [-0.2, 0) is 9.53 Å². The first-order chi connectivity index (χ1) is 9.45. The van der Waals surface area contributed by atoms with Gasteiger partial charge in [-0.1, -0.05) is 36.5 Å². The summed E-state index contributed by atoms with van der Waals surface area (Å²) in [6, 6.07) is 2.70. The highest BCUT2D eigenvalue weighted by molar-refractivity contribution is 6.43. The van der Waals surface area contributed by atoms with Crippen LogP contribution in [0.3, 0.4) is 0 Å². The lowest BCUT2D eigenvalue weighted by molar-refractivity contribution is -0.124. The van der Waals surface area contributed by atoms with Gasteiger partial charge in [-0.15, -0.1) is 0 Å². The van der Waals surface area contributed by atoms with Gasteiger partial charge in [0.2, 0.25) is 0 Å². The number of halogens is 2. The zero-order chi connectivity index (χ0) is 15.1. The Bertz CT molecular complexity index is 483. The van der Waals surface area contributed by atoms with Gasteiger partial charge in [-0.2, -0.15) is 0 Å². The van der Waals surface area contributed by atoms with E-state index in [1.165, 1.54) is 12.1 Å². The molecule has 1 rings (SSSR count). The molecule has 0 saturated heterocycles. The number of carbonyl (C=O) groups excluding carboxylic acids is 2. The smallest absolute Gasteiger partial charge is 0.338 e. The molecule has 0 fully saturated rings. The van der Waals surface area contributed by atoms with Gasteiger partial charge in [-0.25, -0.2) is 4.79 Å². The zero-order valence-electron chi connectivity index (χ0n) is 11.0. The Morgan fingerprint density at radius 2 is 2.05 bits per heavy atom. The van der Waals surface area contributed by atoms with Crippen LogP contribution in [0.2, 0.25) is 10.0 Å². The van der Waals surface area contributed by atoms with Crippen molar-refractivity contribution in [2.24, 2.45) is 0 Å². The standard InChI is InChI=1S/C13H16Cl2N2O3/c1-2-3-4-17-11(18)7-20-13(19)8-5-9(14)12(15)10(16)6-8/h5-6H,2-4,7,16H2,1H3,(H,17,18). The lowest BCUT2D eigenvalue weighted by Gasteiger charge is -2.08. The summed E-state index contributed by atoms with van der Waals surface area (Å²) in [4.78, 5) is 23.1. The fourth-order valence-electron chi connectivity index (χ4n) is 1.40. The molecule has 0 radical (unpaired) electrons. The summed E-state index contributed by atoms with van der Waals surface area (Å²) >= 11 is 11.6. The van der Waals surface area contributed by atoms with Crippen LogP contribution in [0.25, 0.3) is 0 Å². The molecule has 20 heavy (non-hydrogen) atoms. The molecule has 5 nitrogen and oxygen atoms in total. The molecule has 0 saturated carbocycles. The van der Waals surface area contributed by atoms with Crippen molar-refractivity contribution in [2.45, 2.75) is 19.8 Å². The maximum absolute atomic E-state index is 11.7. The van der Waals surface area contributed by atoms with E-state index in [0.29, 0.717) is 6.54 Å². The number of unbranched alkanes of at least 4 members (excludes halogenated alkanes) is 1. The molecule has 0 aromatic heterocycles. The predicted molar refractivity (Wildman–Crippen MR) is 79.1 cm³/mol. The first-order valence-corrected chi connectivity index (χ1v) is 6.89. The molecule has 0 unspecified atom stereocenters. The number of benzene rings is 1. The van der Waals surface area contributed by atoms with Crippen LogP contribution in [0.15, 0.2) is 12.1 Å². The quantitative estimate of drug-likeness (QED) is 0.480. The molecule has 1 aromatic rings. The predicted octanol–water partition coefficient (Wildman–Crippen LogP) is 2.65. The Morgan fingerprint density at radius 1 is 1.35 bits per heavy atom. The highest BCUT2D eigenvalue weighted by Gasteiger charge is 2.13. The number of amides is 1. The van der Waals surface area contributed by atoms with E-state index in [-0.39, 0.29) is 33.8 Å². The van der Waals surface area contributed by atoms with Crippen LogP contribution in [0, 0.1) is 0 Å². The zero-order valence-corrected chi connectivity index (χ0v) is 12.6. The minimum Gasteiger partial charge on any atom is -0.452 e. The lowest BCUT2D eigenvalue weighted by atomic mass is 10.2. The highest BCUT2D eigenvalue weighted by Crippen LogP contribution is 2.29. The number of anilines is 1. The number of hydrogen-bond donors (Lipinski definition) is 2. The molecular formula is C13H16Cl2N2O3. The van der Waals surface area contributed by atoms with Gasteiger partial charge in [0.05, 0.1) is 21.3 Å². The summed E-state index contributed by atoms with van der Waals surface area (Å²) < 4.78 is 4.86. The fourth-order valence-corrected chi connectivity index (χ4v) is 1.73. The van der Waals surface area contributed by atoms with Gasteiger partial charge in [0, 0.05) is 6.54 Å². The van der Waals surface area contributed by atoms with Crippen molar-refractivity contribution in [2.75, 3.05) is 18.9 Å². The lowest BCUT2D eigenvalue weighted by Crippen LogP contribution is -2.29. The van der Waals surface area contributed by atoms with E-state index in [1.54, 1.807) is 0 Å². The largest absolute Gasteiger partial charge is 0.452 e. The average Bonchev–Trinajstić information content (AvgIpc) is 2.41. The van der Waals surface area contributed by atoms with Crippen molar-refractivity contribution < 1.29 is 14.3 Å². The molecule has 0 aliphatic heterocycles. The molecule has 7 heteroatoms. The van der Waals surface area contributed by atoms with E-state index in [4.69, 9.17) is 33.7 Å². The van der Waals surface area contributed by atoms with Crippen LogP contribution in [-0.4, -0.2) is 25.0 Å². The number of ether oxygens (including phenoxy) is 1. The Morgan fingerprint density at radius 3 is 2.65 bits per heavy atom. The molecular weight excluding hydrogens is 303 g/mol. The number of nitrogens with one attached hydrogen (secondary N) is 1. The van der Waals surface area contributed by atoms with Gasteiger partial charge >= 0.3 is 5.97 Å². The number of nitrogen functional groups attached to an aromatic ring is 1. The molecule has 1 amide bonds. The summed E-state index contributed by atoms with van der Waals surface area (Å²) in [5, 5.41) is 2.97. The second-order valence-electron chi connectivity index (χ2n) is 4.14. The Kier molecular flexibility index (Phi) is 6.61. The van der Waals surface area contributed by atoms with E-state index in [2.05, 4.69) is 5.32 Å². The van der Waals surface area contributed by atoms with Crippen LogP contribution in [0.1, 0.15) is 30.1 Å². The van der Waals surface area contributed by atoms with Gasteiger partial charge in [0.25, 0.3) is 5.91 Å². The summed E-state index contributed by atoms with van der Waals surface area (Å²) in [6.45, 7) is 2.23. The third kappa shape index (κ3) is 4.90. The Labute approximate surface area is 127 Å². The van der Waals surface area contributed by atoms with E-state index in [0.717, 1.165) is 12.8 Å². The van der Waals surface area contributed by atoms with Crippen LogP contribution < -0.4 is 11.1 Å². The number of carbonyl (C=O) groups is 2. The van der Waals surface area contributed by atoms with E-state index < -0.39 is 5.97 Å². The minimum absolute atomic E-state index is 0.151. The Balaban J connectivity index is 2.53. The van der Waals surface area contributed by atoms with Crippen LogP contribution >= 0.6 is 23.2 Å². The van der Waals surface area contributed by atoms with E-state index in [1.807, 2.05) is 6.92 Å². The first kappa shape index (κ1) is 16.6. The second-order valence-corrected chi connectivity index (χ2v) is 4.93. The molecule has 110 valence electrons. The van der Waals surface area contributed by atoms with Gasteiger partial charge in [0.15, 0.2) is 6.61 Å². The van der Waals surface area contributed by atoms with Crippen molar-refractivity contribution in [1.82, 2.24) is 5.32 Å². The van der Waals surface area contributed by atoms with E-state index in [9.17, 15) is 9.59 Å². The van der Waals surface area contributed by atoms with Crippen molar-refractivity contribution in [3.8, 4) is 0 Å². The second kappa shape index (κ2) is 7.97. The molecule has 1 aromatic carbocycles. The number of nitrogens with two attached hydrogens (primary N) is 1.